The van der Waals surface area contributed by atoms with Gasteiger partial charge in [-0.25, -0.2) is 0 Å². The van der Waals surface area contributed by atoms with Crippen molar-refractivity contribution in [1.29, 1.82) is 0 Å². The third-order valence-corrected chi connectivity index (χ3v) is 4.85. The maximum atomic E-state index is 6.07. The third kappa shape index (κ3) is 11.6. The van der Waals surface area contributed by atoms with Gasteiger partial charge in [0.05, 0.1) is 12.7 Å². The lowest BCUT2D eigenvalue weighted by molar-refractivity contribution is 0.0295. The zero-order chi connectivity index (χ0) is 16.6. The number of hydrogen-bond donors (Lipinski definition) is 0. The molecule has 0 saturated heterocycles. The van der Waals surface area contributed by atoms with E-state index in [1.807, 2.05) is 6.07 Å². The molecule has 0 N–H and O–H groups in total. The van der Waals surface area contributed by atoms with E-state index < -0.39 is 0 Å². The van der Waals surface area contributed by atoms with Crippen LogP contribution in [0.15, 0.2) is 16.8 Å². The Morgan fingerprint density at radius 3 is 2.30 bits per heavy atom. The van der Waals surface area contributed by atoms with Crippen LogP contribution in [0.25, 0.3) is 0 Å². The molecule has 0 aliphatic carbocycles. The van der Waals surface area contributed by atoms with Crippen molar-refractivity contribution in [3.05, 3.63) is 16.8 Å². The van der Waals surface area contributed by atoms with Crippen molar-refractivity contribution in [1.82, 2.24) is 0 Å². The molecule has 1 rings (SSSR count). The van der Waals surface area contributed by atoms with E-state index in [-0.39, 0.29) is 0 Å². The highest BCUT2D eigenvalue weighted by atomic mass is 32.1. The quantitative estimate of drug-likeness (QED) is 0.307. The zero-order valence-electron chi connectivity index (χ0n) is 15.2. The number of thiophene rings is 1. The fourth-order valence-electron chi connectivity index (χ4n) is 2.68. The molecule has 0 aliphatic heterocycles. The number of ether oxygens (including phenoxy) is 2. The summed E-state index contributed by atoms with van der Waals surface area (Å²) < 4.78 is 11.9. The van der Waals surface area contributed by atoms with Crippen LogP contribution in [-0.2, 0) is 4.74 Å². The molecule has 0 radical (unpaired) electrons. The van der Waals surface area contributed by atoms with E-state index in [0.29, 0.717) is 6.10 Å². The van der Waals surface area contributed by atoms with Gasteiger partial charge in [0.15, 0.2) is 0 Å². The highest BCUT2D eigenvalue weighted by Gasteiger charge is 2.09. The van der Waals surface area contributed by atoms with Crippen molar-refractivity contribution < 1.29 is 9.47 Å². The second-order valence-corrected chi connectivity index (χ2v) is 7.13. The molecular weight excluding hydrogens is 304 g/mol. The summed E-state index contributed by atoms with van der Waals surface area (Å²) in [7, 11) is 0. The Balaban J connectivity index is 2.11. The predicted molar refractivity (Wildman–Crippen MR) is 102 cm³/mol. The van der Waals surface area contributed by atoms with Crippen LogP contribution in [0.3, 0.4) is 0 Å². The van der Waals surface area contributed by atoms with Gasteiger partial charge >= 0.3 is 0 Å². The molecule has 1 atom stereocenters. The maximum Gasteiger partial charge on any atom is 0.129 e. The average molecular weight is 341 g/mol. The van der Waals surface area contributed by atoms with Crippen LogP contribution in [0.2, 0.25) is 0 Å². The molecule has 134 valence electrons. The lowest BCUT2D eigenvalue weighted by Crippen LogP contribution is -2.17. The van der Waals surface area contributed by atoms with Crippen LogP contribution in [0.5, 0.6) is 5.75 Å². The molecule has 3 heteroatoms. The van der Waals surface area contributed by atoms with E-state index >= 15 is 0 Å². The zero-order valence-corrected chi connectivity index (χ0v) is 16.0. The first kappa shape index (κ1) is 20.5. The summed E-state index contributed by atoms with van der Waals surface area (Å²) in [6.45, 7) is 6.16. The summed E-state index contributed by atoms with van der Waals surface area (Å²) in [5.41, 5.74) is 0. The normalized spacial score (nSPS) is 12.4. The largest absolute Gasteiger partial charge is 0.493 e. The molecule has 0 saturated carbocycles. The van der Waals surface area contributed by atoms with E-state index in [1.54, 1.807) is 11.3 Å². The Kier molecular flexibility index (Phi) is 13.4. The average Bonchev–Trinajstić information content (AvgIpc) is 3.07. The standard InChI is InChI=1S/C20H36O2S/c1-3-5-7-8-9-10-11-12-19(21-15-6-4-2)13-16-22-20-14-17-23-18-20/h14,17-19H,3-13,15-16H2,1-2H3. The van der Waals surface area contributed by atoms with Gasteiger partial charge in [0.1, 0.15) is 5.75 Å². The lowest BCUT2D eigenvalue weighted by atomic mass is 10.0. The van der Waals surface area contributed by atoms with Gasteiger partial charge in [-0.3, -0.25) is 0 Å². The molecule has 1 aromatic heterocycles. The molecular formula is C20H36O2S. The van der Waals surface area contributed by atoms with Crippen LogP contribution < -0.4 is 4.74 Å². The summed E-state index contributed by atoms with van der Waals surface area (Å²) in [4.78, 5) is 0. The first-order valence-corrected chi connectivity index (χ1v) is 10.6. The monoisotopic (exact) mass is 340 g/mol. The van der Waals surface area contributed by atoms with Crippen LogP contribution in [0, 0.1) is 0 Å². The molecule has 0 bridgehead atoms. The second kappa shape index (κ2) is 15.0. The van der Waals surface area contributed by atoms with Gasteiger partial charge in [-0.1, -0.05) is 65.2 Å². The molecule has 0 fully saturated rings. The van der Waals surface area contributed by atoms with E-state index in [0.717, 1.165) is 25.4 Å². The van der Waals surface area contributed by atoms with Gasteiger partial charge in [-0.2, -0.15) is 0 Å². The SMILES string of the molecule is CCCCCCCCCC(CCOc1ccsc1)OCCCC. The second-order valence-electron chi connectivity index (χ2n) is 6.35. The summed E-state index contributed by atoms with van der Waals surface area (Å²) in [6.07, 6.45) is 14.5. The van der Waals surface area contributed by atoms with Crippen LogP contribution >= 0.6 is 11.3 Å². The Labute approximate surface area is 147 Å². The minimum atomic E-state index is 0.371. The van der Waals surface area contributed by atoms with Crippen LogP contribution in [-0.4, -0.2) is 19.3 Å². The van der Waals surface area contributed by atoms with Crippen LogP contribution in [0.1, 0.15) is 84.5 Å². The van der Waals surface area contributed by atoms with Gasteiger partial charge in [0, 0.05) is 18.4 Å². The molecule has 0 spiro atoms. The van der Waals surface area contributed by atoms with E-state index in [4.69, 9.17) is 9.47 Å². The van der Waals surface area contributed by atoms with Crippen molar-refractivity contribution in [3.63, 3.8) is 0 Å². The maximum absolute atomic E-state index is 6.07. The van der Waals surface area contributed by atoms with Crippen molar-refractivity contribution in [2.45, 2.75) is 90.6 Å². The molecule has 1 heterocycles. The summed E-state index contributed by atoms with van der Waals surface area (Å²) in [5, 5.41) is 4.12. The van der Waals surface area contributed by atoms with Crippen molar-refractivity contribution in [2.75, 3.05) is 13.2 Å². The number of unbranched alkanes of at least 4 members (excludes halogenated alkanes) is 7. The molecule has 2 nitrogen and oxygen atoms in total. The Morgan fingerprint density at radius 2 is 1.61 bits per heavy atom. The number of rotatable bonds is 16. The van der Waals surface area contributed by atoms with E-state index in [2.05, 4.69) is 24.6 Å². The summed E-state index contributed by atoms with van der Waals surface area (Å²) in [5.74, 6) is 0.998. The molecule has 0 aliphatic rings. The minimum Gasteiger partial charge on any atom is -0.493 e. The van der Waals surface area contributed by atoms with Crippen molar-refractivity contribution in [2.24, 2.45) is 0 Å². The first-order chi connectivity index (χ1) is 11.4. The fraction of sp³-hybridized carbons (Fsp3) is 0.800. The third-order valence-electron chi connectivity index (χ3n) is 4.18. The minimum absolute atomic E-state index is 0.371. The van der Waals surface area contributed by atoms with Gasteiger partial charge in [-0.05, 0) is 24.3 Å². The molecule has 1 aromatic rings. The first-order valence-electron chi connectivity index (χ1n) is 9.63. The molecule has 23 heavy (non-hydrogen) atoms. The highest BCUT2D eigenvalue weighted by Crippen LogP contribution is 2.17. The van der Waals surface area contributed by atoms with E-state index in [9.17, 15) is 0 Å². The smallest absolute Gasteiger partial charge is 0.129 e. The Bertz CT molecular complexity index is 337. The Morgan fingerprint density at radius 1 is 0.870 bits per heavy atom. The fourth-order valence-corrected chi connectivity index (χ4v) is 3.25. The lowest BCUT2D eigenvalue weighted by Gasteiger charge is -2.18. The molecule has 1 unspecified atom stereocenters. The highest BCUT2D eigenvalue weighted by molar-refractivity contribution is 7.08. The molecule has 0 amide bonds. The molecule has 0 aromatic carbocycles. The van der Waals surface area contributed by atoms with Crippen molar-refractivity contribution >= 4 is 11.3 Å². The van der Waals surface area contributed by atoms with Gasteiger partial charge in [0.2, 0.25) is 0 Å². The van der Waals surface area contributed by atoms with Gasteiger partial charge in [-0.15, -0.1) is 11.3 Å². The van der Waals surface area contributed by atoms with Gasteiger partial charge in [0.25, 0.3) is 0 Å². The van der Waals surface area contributed by atoms with Gasteiger partial charge < -0.3 is 9.47 Å². The summed E-state index contributed by atoms with van der Waals surface area (Å²) in [6, 6.07) is 2.04. The topological polar surface area (TPSA) is 18.5 Å². The summed E-state index contributed by atoms with van der Waals surface area (Å²) >= 11 is 1.68. The Hall–Kier alpha value is -0.540. The van der Waals surface area contributed by atoms with Crippen molar-refractivity contribution in [3.8, 4) is 5.75 Å². The van der Waals surface area contributed by atoms with E-state index in [1.165, 1.54) is 64.2 Å². The predicted octanol–water partition coefficient (Wildman–Crippen LogP) is 6.84. The number of hydrogen-bond acceptors (Lipinski definition) is 3. The van der Waals surface area contributed by atoms with Crippen LogP contribution in [0.4, 0.5) is 0 Å².